The van der Waals surface area contributed by atoms with E-state index in [4.69, 9.17) is 4.74 Å². The van der Waals surface area contributed by atoms with Crippen LogP contribution >= 0.6 is 0 Å². The van der Waals surface area contributed by atoms with Crippen molar-refractivity contribution in [2.24, 2.45) is 28.6 Å². The summed E-state index contributed by atoms with van der Waals surface area (Å²) in [5.41, 5.74) is 3.14. The number of esters is 1. The summed E-state index contributed by atoms with van der Waals surface area (Å²) < 4.78 is 6.15. The molecule has 0 bridgehead atoms. The van der Waals surface area contributed by atoms with Crippen molar-refractivity contribution in [2.45, 2.75) is 76.7 Å². The van der Waals surface area contributed by atoms with E-state index in [1.54, 1.807) is 11.6 Å². The van der Waals surface area contributed by atoms with Crippen LogP contribution < -0.4 is 0 Å². The van der Waals surface area contributed by atoms with Gasteiger partial charge in [0.05, 0.1) is 0 Å². The maximum atomic E-state index is 12.1. The van der Waals surface area contributed by atoms with Gasteiger partial charge in [0.15, 0.2) is 0 Å². The highest BCUT2D eigenvalue weighted by atomic mass is 16.6. The number of rotatable bonds is 0. The molecule has 5 atom stereocenters. The maximum Gasteiger partial charge on any atom is 0.331 e. The molecule has 0 saturated heterocycles. The van der Waals surface area contributed by atoms with Crippen LogP contribution in [0.3, 0.4) is 0 Å². The van der Waals surface area contributed by atoms with E-state index in [0.29, 0.717) is 17.6 Å². The Labute approximate surface area is 155 Å². The van der Waals surface area contributed by atoms with E-state index in [0.717, 1.165) is 38.0 Å². The molecule has 3 saturated carbocycles. The van der Waals surface area contributed by atoms with Gasteiger partial charge in [-0.15, -0.1) is 0 Å². The predicted octanol–water partition coefficient (Wildman–Crippen LogP) is 4.51. The fourth-order valence-corrected chi connectivity index (χ4v) is 8.12. The van der Waals surface area contributed by atoms with Crippen molar-refractivity contribution in [2.75, 3.05) is 0 Å². The standard InChI is InChI=1S/C23H28O3/c1-21-8-6-17-16-5-3-15(24)12-14(16)2-4-18(17)19(21)13-22(10-11-22)23(21)9-7-20(25)26-23/h7,9,17-19H,2-6,8,10-13H2,1H3/t17?,18?,19?,21-,23+/m0/s1. The molecule has 2 spiro atoms. The number of hydrogen-bond donors (Lipinski definition) is 0. The molecule has 1 aliphatic heterocycles. The van der Waals surface area contributed by atoms with Crippen LogP contribution in [0.15, 0.2) is 23.3 Å². The fraction of sp³-hybridized carbons (Fsp3) is 0.739. The number of fused-ring (bicyclic) bond motifs is 6. The first-order valence-electron chi connectivity index (χ1n) is 10.6. The van der Waals surface area contributed by atoms with Crippen LogP contribution in [0.1, 0.15) is 71.1 Å². The van der Waals surface area contributed by atoms with Crippen molar-refractivity contribution in [3.05, 3.63) is 23.3 Å². The summed E-state index contributed by atoms with van der Waals surface area (Å²) in [6, 6.07) is 0. The van der Waals surface area contributed by atoms with Crippen molar-refractivity contribution in [3.63, 3.8) is 0 Å². The summed E-state index contributed by atoms with van der Waals surface area (Å²) >= 11 is 0. The van der Waals surface area contributed by atoms with Crippen LogP contribution in [0, 0.1) is 28.6 Å². The highest BCUT2D eigenvalue weighted by Crippen LogP contribution is 2.78. The summed E-state index contributed by atoms with van der Waals surface area (Å²) in [4.78, 5) is 24.0. The summed E-state index contributed by atoms with van der Waals surface area (Å²) in [6.07, 6.45) is 14.8. The minimum atomic E-state index is -0.329. The smallest absolute Gasteiger partial charge is 0.331 e. The summed E-state index contributed by atoms with van der Waals surface area (Å²) in [7, 11) is 0. The van der Waals surface area contributed by atoms with Crippen LogP contribution in [-0.4, -0.2) is 17.4 Å². The molecular weight excluding hydrogens is 324 g/mol. The van der Waals surface area contributed by atoms with E-state index in [1.165, 1.54) is 37.7 Å². The summed E-state index contributed by atoms with van der Waals surface area (Å²) in [5, 5.41) is 0. The first-order chi connectivity index (χ1) is 12.5. The molecule has 0 amide bonds. The molecular formula is C23H28O3. The topological polar surface area (TPSA) is 43.4 Å². The fourth-order valence-electron chi connectivity index (χ4n) is 8.12. The first-order valence-corrected chi connectivity index (χ1v) is 10.6. The number of Topliss-reactive ketones (excluding diaryl/α,β-unsaturated/α-hetero) is 1. The second kappa shape index (κ2) is 4.72. The monoisotopic (exact) mass is 352 g/mol. The van der Waals surface area contributed by atoms with E-state index in [9.17, 15) is 9.59 Å². The molecule has 1 heterocycles. The van der Waals surface area contributed by atoms with Gasteiger partial charge in [-0.05, 0) is 75.2 Å². The minimum Gasteiger partial charge on any atom is -0.450 e. The van der Waals surface area contributed by atoms with Gasteiger partial charge in [0.1, 0.15) is 11.4 Å². The number of allylic oxidation sites excluding steroid dienone is 2. The zero-order valence-electron chi connectivity index (χ0n) is 15.7. The zero-order valence-corrected chi connectivity index (χ0v) is 15.7. The predicted molar refractivity (Wildman–Crippen MR) is 97.2 cm³/mol. The van der Waals surface area contributed by atoms with Gasteiger partial charge in [-0.1, -0.05) is 18.1 Å². The molecule has 6 aliphatic rings. The Bertz CT molecular complexity index is 785. The van der Waals surface area contributed by atoms with Crippen LogP contribution in [0.4, 0.5) is 0 Å². The molecule has 3 fully saturated rings. The molecule has 0 aromatic rings. The Morgan fingerprint density at radius 1 is 1.08 bits per heavy atom. The quantitative estimate of drug-likeness (QED) is 0.476. The Morgan fingerprint density at radius 3 is 2.65 bits per heavy atom. The third-order valence-corrected chi connectivity index (χ3v) is 9.41. The number of ether oxygens (including phenoxy) is 1. The molecule has 3 nitrogen and oxygen atoms in total. The van der Waals surface area contributed by atoms with Crippen molar-refractivity contribution < 1.29 is 14.3 Å². The molecule has 138 valence electrons. The van der Waals surface area contributed by atoms with Gasteiger partial charge in [-0.25, -0.2) is 4.79 Å². The van der Waals surface area contributed by atoms with Crippen molar-refractivity contribution >= 4 is 11.8 Å². The molecule has 0 aromatic carbocycles. The van der Waals surface area contributed by atoms with Gasteiger partial charge in [-0.3, -0.25) is 4.79 Å². The van der Waals surface area contributed by atoms with Crippen LogP contribution in [-0.2, 0) is 14.3 Å². The summed E-state index contributed by atoms with van der Waals surface area (Å²) in [6.45, 7) is 2.43. The van der Waals surface area contributed by atoms with Gasteiger partial charge in [-0.2, -0.15) is 0 Å². The molecule has 3 unspecified atom stereocenters. The highest BCUT2D eigenvalue weighted by Gasteiger charge is 2.77. The van der Waals surface area contributed by atoms with E-state index in [1.807, 2.05) is 0 Å². The third kappa shape index (κ3) is 1.67. The van der Waals surface area contributed by atoms with Gasteiger partial charge in [0.2, 0.25) is 0 Å². The average Bonchev–Trinajstić information content (AvgIpc) is 3.24. The molecule has 6 rings (SSSR count). The molecule has 3 heteroatoms. The van der Waals surface area contributed by atoms with Gasteiger partial charge < -0.3 is 4.74 Å². The number of carbonyl (C=O) groups excluding carboxylic acids is 2. The Balaban J connectivity index is 1.40. The van der Waals surface area contributed by atoms with Crippen molar-refractivity contribution in [3.8, 4) is 0 Å². The highest BCUT2D eigenvalue weighted by molar-refractivity contribution is 5.86. The lowest BCUT2D eigenvalue weighted by atomic mass is 9.52. The van der Waals surface area contributed by atoms with Crippen LogP contribution in [0.5, 0.6) is 0 Å². The number of carbonyl (C=O) groups is 2. The van der Waals surface area contributed by atoms with Crippen molar-refractivity contribution in [1.82, 2.24) is 0 Å². The van der Waals surface area contributed by atoms with Gasteiger partial charge in [0, 0.05) is 29.7 Å². The van der Waals surface area contributed by atoms with Crippen molar-refractivity contribution in [1.29, 1.82) is 0 Å². The zero-order chi connectivity index (χ0) is 17.7. The third-order valence-electron chi connectivity index (χ3n) is 9.41. The lowest BCUT2D eigenvalue weighted by molar-refractivity contribution is -0.167. The molecule has 5 aliphatic carbocycles. The van der Waals surface area contributed by atoms with Gasteiger partial charge in [0.25, 0.3) is 0 Å². The normalized spacial score (nSPS) is 47.8. The van der Waals surface area contributed by atoms with Gasteiger partial charge >= 0.3 is 5.97 Å². The molecule has 0 aromatic heterocycles. The molecule has 26 heavy (non-hydrogen) atoms. The van der Waals surface area contributed by atoms with Crippen LogP contribution in [0.2, 0.25) is 0 Å². The van der Waals surface area contributed by atoms with E-state index < -0.39 is 0 Å². The lowest BCUT2D eigenvalue weighted by Gasteiger charge is -2.54. The second-order valence-corrected chi connectivity index (χ2v) is 10.2. The molecule has 0 N–H and O–H groups in total. The van der Waals surface area contributed by atoms with E-state index in [2.05, 4.69) is 13.0 Å². The lowest BCUT2D eigenvalue weighted by Crippen LogP contribution is -2.53. The summed E-state index contributed by atoms with van der Waals surface area (Å²) in [5.74, 6) is 2.40. The average molecular weight is 352 g/mol. The minimum absolute atomic E-state index is 0.0931. The number of hydrogen-bond acceptors (Lipinski definition) is 3. The maximum absolute atomic E-state index is 12.1. The SMILES string of the molecule is C[C@]12CCC3C4=C(CCC3C1CC1(CC1)[C@@]21C=CC(=O)O1)CC(=O)CC4. The van der Waals surface area contributed by atoms with E-state index in [-0.39, 0.29) is 22.4 Å². The Hall–Kier alpha value is -1.38. The van der Waals surface area contributed by atoms with E-state index >= 15 is 0 Å². The number of ketones is 1. The van der Waals surface area contributed by atoms with Crippen LogP contribution in [0.25, 0.3) is 0 Å². The Morgan fingerprint density at radius 2 is 1.92 bits per heavy atom. The Kier molecular flexibility index (Phi) is 2.84. The second-order valence-electron chi connectivity index (χ2n) is 10.2. The molecule has 0 radical (unpaired) electrons. The largest absolute Gasteiger partial charge is 0.450 e. The first kappa shape index (κ1) is 15.7.